The van der Waals surface area contributed by atoms with E-state index in [4.69, 9.17) is 16.3 Å². The number of benzene rings is 2. The number of carbonyl (C=O) groups excluding carboxylic acids is 1. The Hall–Kier alpha value is -3.85. The molecule has 0 fully saturated rings. The Morgan fingerprint density at radius 2 is 1.77 bits per heavy atom. The highest BCUT2D eigenvalue weighted by Gasteiger charge is 2.29. The van der Waals surface area contributed by atoms with Crippen molar-refractivity contribution in [2.24, 2.45) is 14.1 Å². The zero-order valence-corrected chi connectivity index (χ0v) is 20.2. The molecule has 1 aliphatic rings. The molecule has 0 radical (unpaired) electrons. The third kappa shape index (κ3) is 3.46. The minimum Gasteiger partial charge on any atom is -0.465 e. The Labute approximate surface area is 204 Å². The van der Waals surface area contributed by atoms with Gasteiger partial charge in [0.25, 0.3) is 5.56 Å². The lowest BCUT2D eigenvalue weighted by molar-refractivity contribution is 0.0596. The predicted molar refractivity (Wildman–Crippen MR) is 132 cm³/mol. The molecule has 35 heavy (non-hydrogen) atoms. The first-order valence-corrected chi connectivity index (χ1v) is 11.5. The molecule has 0 spiro atoms. The van der Waals surface area contributed by atoms with Crippen LogP contribution in [0.15, 0.2) is 57.0 Å². The highest BCUT2D eigenvalue weighted by Crippen LogP contribution is 2.35. The van der Waals surface area contributed by atoms with Gasteiger partial charge in [0.1, 0.15) is 5.56 Å². The summed E-state index contributed by atoms with van der Waals surface area (Å²) in [6, 6.07) is 9.92. The number of esters is 1. The van der Waals surface area contributed by atoms with E-state index in [1.54, 1.807) is 44.4 Å². The number of ether oxygens (including phenoxy) is 1. The van der Waals surface area contributed by atoms with Crippen molar-refractivity contribution >= 4 is 28.6 Å². The average Bonchev–Trinajstić information content (AvgIpc) is 3.07. The molecule has 1 unspecified atom stereocenters. The van der Waals surface area contributed by atoms with Crippen LogP contribution in [0.25, 0.3) is 16.7 Å². The smallest absolute Gasteiger partial charge is 0.345 e. The summed E-state index contributed by atoms with van der Waals surface area (Å²) in [4.78, 5) is 52.2. The van der Waals surface area contributed by atoms with Gasteiger partial charge in [0.2, 0.25) is 0 Å². The molecule has 0 saturated heterocycles. The van der Waals surface area contributed by atoms with Gasteiger partial charge < -0.3 is 4.74 Å². The molecular weight excluding hydrogens is 472 g/mol. The summed E-state index contributed by atoms with van der Waals surface area (Å²) in [6.45, 7) is 0. The highest BCUT2D eigenvalue weighted by atomic mass is 35.5. The summed E-state index contributed by atoms with van der Waals surface area (Å²) in [6.07, 6.45) is 3.22. The van der Waals surface area contributed by atoms with Crippen LogP contribution in [-0.4, -0.2) is 31.3 Å². The van der Waals surface area contributed by atoms with E-state index in [2.05, 4.69) is 0 Å². The van der Waals surface area contributed by atoms with Gasteiger partial charge in [-0.05, 0) is 54.7 Å². The second-order valence-electron chi connectivity index (χ2n) is 8.65. The Bertz CT molecular complexity index is 1690. The van der Waals surface area contributed by atoms with Crippen molar-refractivity contribution in [3.8, 4) is 5.69 Å². The summed E-state index contributed by atoms with van der Waals surface area (Å²) in [5, 5.41) is 0.583. The van der Waals surface area contributed by atoms with Crippen molar-refractivity contribution in [1.29, 1.82) is 0 Å². The fraction of sp³-hybridized carbons (Fsp3) is 0.280. The average molecular weight is 495 g/mol. The Morgan fingerprint density at radius 1 is 1.03 bits per heavy atom. The van der Waals surface area contributed by atoms with Crippen molar-refractivity contribution < 1.29 is 9.53 Å². The van der Waals surface area contributed by atoms with Crippen LogP contribution >= 0.6 is 11.6 Å². The zero-order chi connectivity index (χ0) is 25.0. The molecule has 1 aliphatic carbocycles. The van der Waals surface area contributed by atoms with Crippen molar-refractivity contribution in [2.45, 2.75) is 25.3 Å². The fourth-order valence-corrected chi connectivity index (χ4v) is 5.25. The summed E-state index contributed by atoms with van der Waals surface area (Å²) in [5.74, 6) is -0.840. The van der Waals surface area contributed by atoms with Gasteiger partial charge in [0, 0.05) is 25.3 Å². The topological polar surface area (TPSA) is 97.2 Å². The molecule has 9 nitrogen and oxygen atoms in total. The number of halogens is 1. The van der Waals surface area contributed by atoms with E-state index < -0.39 is 23.3 Å². The highest BCUT2D eigenvalue weighted by molar-refractivity contribution is 6.31. The minimum absolute atomic E-state index is 0.208. The molecule has 5 rings (SSSR count). The lowest BCUT2D eigenvalue weighted by atomic mass is 9.87. The van der Waals surface area contributed by atoms with E-state index in [1.807, 2.05) is 6.07 Å². The minimum atomic E-state index is -0.840. The summed E-state index contributed by atoms with van der Waals surface area (Å²) in [7, 11) is 4.49. The van der Waals surface area contributed by atoms with Gasteiger partial charge in [-0.1, -0.05) is 23.7 Å². The number of aromatic nitrogens is 4. The number of methoxy groups -OCH3 is 1. The molecule has 1 atom stereocenters. The number of carbonyl (C=O) groups is 1. The van der Waals surface area contributed by atoms with Crippen LogP contribution in [0.1, 0.15) is 40.4 Å². The number of imidazole rings is 1. The maximum atomic E-state index is 13.8. The quantitative estimate of drug-likeness (QED) is 0.408. The van der Waals surface area contributed by atoms with Gasteiger partial charge in [-0.15, -0.1) is 0 Å². The van der Waals surface area contributed by atoms with Crippen molar-refractivity contribution in [1.82, 2.24) is 18.3 Å². The van der Waals surface area contributed by atoms with Crippen LogP contribution in [0.3, 0.4) is 0 Å². The number of hydrogen-bond donors (Lipinski definition) is 0. The Morgan fingerprint density at radius 3 is 2.51 bits per heavy atom. The van der Waals surface area contributed by atoms with Gasteiger partial charge in [0.15, 0.2) is 0 Å². The molecule has 0 saturated carbocycles. The van der Waals surface area contributed by atoms with Crippen LogP contribution in [0.5, 0.6) is 0 Å². The van der Waals surface area contributed by atoms with Gasteiger partial charge in [-0.25, -0.2) is 14.4 Å². The van der Waals surface area contributed by atoms with E-state index in [1.165, 1.54) is 27.0 Å². The molecular formula is C25H23ClN4O5. The third-order valence-corrected chi connectivity index (χ3v) is 7.14. The summed E-state index contributed by atoms with van der Waals surface area (Å²) < 4.78 is 10.2. The van der Waals surface area contributed by atoms with Crippen LogP contribution in [0.4, 0.5) is 0 Å². The van der Waals surface area contributed by atoms with Gasteiger partial charge >= 0.3 is 17.3 Å². The van der Waals surface area contributed by atoms with Crippen LogP contribution in [-0.2, 0) is 25.3 Å². The maximum Gasteiger partial charge on any atom is 0.345 e. The number of hydrogen-bond acceptors (Lipinski definition) is 5. The SMILES string of the molecule is COC(=O)c1cn(-c2ccc3c(c2)n(C)c(=O)n3C)c(=O)n(C2CCCc3c(Cl)cccc32)c1=O. The molecule has 0 amide bonds. The van der Waals surface area contributed by atoms with Gasteiger partial charge in [-0.2, -0.15) is 0 Å². The first kappa shape index (κ1) is 22.9. The molecule has 2 heterocycles. The molecule has 4 aromatic rings. The predicted octanol–water partition coefficient (Wildman–Crippen LogP) is 2.56. The first-order chi connectivity index (χ1) is 16.7. The van der Waals surface area contributed by atoms with Crippen LogP contribution < -0.4 is 16.9 Å². The number of aryl methyl sites for hydroxylation is 2. The van der Waals surface area contributed by atoms with Crippen LogP contribution in [0.2, 0.25) is 5.02 Å². The van der Waals surface area contributed by atoms with E-state index in [-0.39, 0.29) is 11.3 Å². The molecule has 0 N–H and O–H groups in total. The normalized spacial score (nSPS) is 15.3. The fourth-order valence-electron chi connectivity index (χ4n) is 4.97. The largest absolute Gasteiger partial charge is 0.465 e. The van der Waals surface area contributed by atoms with E-state index >= 15 is 0 Å². The summed E-state index contributed by atoms with van der Waals surface area (Å²) >= 11 is 6.42. The number of rotatable bonds is 3. The summed E-state index contributed by atoms with van der Waals surface area (Å²) in [5.41, 5.74) is 1.60. The molecule has 2 aromatic carbocycles. The van der Waals surface area contributed by atoms with Crippen LogP contribution in [0, 0.1) is 0 Å². The third-order valence-electron chi connectivity index (χ3n) is 6.79. The lowest BCUT2D eigenvalue weighted by Gasteiger charge is -2.28. The Balaban J connectivity index is 1.81. The number of fused-ring (bicyclic) bond motifs is 2. The second kappa shape index (κ2) is 8.42. The van der Waals surface area contributed by atoms with Crippen molar-refractivity contribution in [3.63, 3.8) is 0 Å². The van der Waals surface area contributed by atoms with E-state index in [0.29, 0.717) is 28.2 Å². The Kier molecular flexibility index (Phi) is 5.52. The molecule has 0 bridgehead atoms. The second-order valence-corrected chi connectivity index (χ2v) is 9.06. The molecule has 180 valence electrons. The molecule has 10 heteroatoms. The number of nitrogens with zero attached hydrogens (tertiary/aromatic N) is 4. The monoisotopic (exact) mass is 494 g/mol. The first-order valence-electron chi connectivity index (χ1n) is 11.1. The standard InChI is InChI=1S/C25H23ClN4O5/c1-27-20-11-10-14(12-21(20)28(2)24(27)33)29-13-17(23(32)35-3)22(31)30(25(29)34)19-9-5-6-15-16(19)7-4-8-18(15)26/h4,7-8,10-13,19H,5-6,9H2,1-3H3. The molecule has 2 aromatic heterocycles. The van der Waals surface area contributed by atoms with Crippen molar-refractivity contribution in [2.75, 3.05) is 7.11 Å². The zero-order valence-electron chi connectivity index (χ0n) is 19.4. The lowest BCUT2D eigenvalue weighted by Crippen LogP contribution is -2.45. The maximum absolute atomic E-state index is 13.8. The molecule has 0 aliphatic heterocycles. The van der Waals surface area contributed by atoms with Crippen molar-refractivity contribution in [3.05, 3.63) is 95.6 Å². The van der Waals surface area contributed by atoms with E-state index in [9.17, 15) is 19.2 Å². The van der Waals surface area contributed by atoms with E-state index in [0.717, 1.165) is 28.5 Å². The van der Waals surface area contributed by atoms with Gasteiger partial charge in [0.05, 0.1) is 29.9 Å². The van der Waals surface area contributed by atoms with Gasteiger partial charge in [-0.3, -0.25) is 23.1 Å².